The number of hydrogen-bond donors (Lipinski definition) is 0. The Hall–Kier alpha value is -2.51. The van der Waals surface area contributed by atoms with Crippen LogP contribution in [-0.4, -0.2) is 12.8 Å². The van der Waals surface area contributed by atoms with Crippen LogP contribution in [0.15, 0.2) is 92.1 Å². The Morgan fingerprint density at radius 2 is 1.93 bits per heavy atom. The number of rotatable bonds is 6. The minimum Gasteiger partial charge on any atom is -0.335 e. The van der Waals surface area contributed by atoms with Gasteiger partial charge in [-0.25, -0.2) is 0 Å². The van der Waals surface area contributed by atoms with E-state index in [9.17, 15) is 0 Å². The van der Waals surface area contributed by atoms with Crippen LogP contribution in [0.2, 0.25) is 0 Å². The fourth-order valence-corrected chi connectivity index (χ4v) is 10.0. The zero-order valence-electron chi connectivity index (χ0n) is 23.9. The van der Waals surface area contributed by atoms with E-state index in [1.165, 1.54) is 88.9 Å². The minimum atomic E-state index is 0.694. The van der Waals surface area contributed by atoms with Crippen LogP contribution in [0, 0.1) is 5.92 Å². The summed E-state index contributed by atoms with van der Waals surface area (Å²) in [7, 11) is 0. The zero-order valence-corrected chi connectivity index (χ0v) is 27.1. The second-order valence-corrected chi connectivity index (χ2v) is 14.7. The van der Waals surface area contributed by atoms with Crippen molar-refractivity contribution in [2.45, 2.75) is 51.0 Å². The van der Waals surface area contributed by atoms with Crippen molar-refractivity contribution in [1.82, 2.24) is 0 Å². The molecule has 2 aromatic carbocycles. The van der Waals surface area contributed by atoms with Gasteiger partial charge in [-0.15, -0.1) is 23.1 Å². The van der Waals surface area contributed by atoms with Crippen molar-refractivity contribution in [2.24, 2.45) is 5.92 Å². The largest absolute Gasteiger partial charge is 0.335 e. The molecule has 2 aromatic heterocycles. The highest BCUT2D eigenvalue weighted by Gasteiger charge is 2.29. The Labute approximate surface area is 259 Å². The monoisotopic (exact) mass is 611 g/mol. The summed E-state index contributed by atoms with van der Waals surface area (Å²) in [6, 6.07) is 13.6. The first kappa shape index (κ1) is 27.3. The van der Waals surface area contributed by atoms with Crippen LogP contribution in [0.4, 0.5) is 5.69 Å². The maximum absolute atomic E-state index is 2.52. The summed E-state index contributed by atoms with van der Waals surface area (Å²) in [5.41, 5.74) is 8.53. The first-order valence-electron chi connectivity index (χ1n) is 14.6. The topological polar surface area (TPSA) is 7.12 Å². The number of benzene rings is 2. The highest BCUT2D eigenvalue weighted by Crippen LogP contribution is 2.51. The predicted octanol–water partition coefficient (Wildman–Crippen LogP) is 10.7. The van der Waals surface area contributed by atoms with Crippen molar-refractivity contribution in [3.05, 3.63) is 97.7 Å². The van der Waals surface area contributed by atoms with E-state index >= 15 is 0 Å². The lowest BCUT2D eigenvalue weighted by Crippen LogP contribution is -2.34. The molecule has 7 rings (SSSR count). The van der Waals surface area contributed by atoms with Gasteiger partial charge < -0.3 is 4.90 Å². The van der Waals surface area contributed by atoms with Crippen LogP contribution >= 0.6 is 46.2 Å². The molecule has 3 aliphatic rings. The molecule has 0 saturated heterocycles. The molecule has 2 nitrogen and oxygen atoms in total. The van der Waals surface area contributed by atoms with Crippen molar-refractivity contribution in [1.29, 1.82) is 0 Å². The maximum Gasteiger partial charge on any atom is 0.263 e. The molecule has 0 bridgehead atoms. The number of para-hydroxylation sites is 1. The molecule has 1 unspecified atom stereocenters. The highest BCUT2D eigenvalue weighted by atomic mass is 32.2. The summed E-state index contributed by atoms with van der Waals surface area (Å²) in [5, 5.41) is 8.53. The van der Waals surface area contributed by atoms with Gasteiger partial charge in [0.05, 0.1) is 10.7 Å². The third-order valence-electron chi connectivity index (χ3n) is 8.47. The van der Waals surface area contributed by atoms with E-state index in [2.05, 4.69) is 107 Å². The molecule has 2 aliphatic carbocycles. The van der Waals surface area contributed by atoms with Crippen LogP contribution in [0.3, 0.4) is 0 Å². The van der Waals surface area contributed by atoms with Crippen LogP contribution in [0.1, 0.15) is 50.1 Å². The van der Waals surface area contributed by atoms with Gasteiger partial charge in [-0.1, -0.05) is 41.3 Å². The summed E-state index contributed by atoms with van der Waals surface area (Å²) in [4.78, 5) is 3.91. The van der Waals surface area contributed by atoms with Gasteiger partial charge in [-0.2, -0.15) is 4.57 Å². The number of thiophene rings is 1. The van der Waals surface area contributed by atoms with Crippen molar-refractivity contribution in [3.8, 4) is 0 Å². The second-order valence-electron chi connectivity index (χ2n) is 10.8. The number of thioether (sulfide) groups is 2. The van der Waals surface area contributed by atoms with Gasteiger partial charge >= 0.3 is 0 Å². The molecule has 0 saturated carbocycles. The average Bonchev–Trinajstić information content (AvgIpc) is 3.70. The van der Waals surface area contributed by atoms with E-state index in [4.69, 9.17) is 0 Å². The standard InChI is InChI=1S/C35H35N2S4/c1-4-36-32(40-30-8-6-7-26(34(30)36)15-17-38-3)21-23-9-11-25-12-10-24(20-27(25)19-23)22-33-37(5-2)35-28-16-18-39-29(28)13-14-31(35)41-33/h6-8,13-22,25H,4-5,9-12H2,1-3H3/q+1/b17-15-. The Morgan fingerprint density at radius 1 is 1.02 bits per heavy atom. The number of nitrogens with zero attached hydrogens (tertiary/aromatic N) is 2. The maximum atomic E-state index is 2.52. The van der Waals surface area contributed by atoms with Gasteiger partial charge in [-0.3, -0.25) is 0 Å². The average molecular weight is 612 g/mol. The van der Waals surface area contributed by atoms with E-state index in [-0.39, 0.29) is 0 Å². The molecule has 4 aromatic rings. The van der Waals surface area contributed by atoms with Crippen molar-refractivity contribution >= 4 is 84.3 Å². The number of aromatic nitrogens is 1. The summed E-state index contributed by atoms with van der Waals surface area (Å²) in [6.07, 6.45) is 19.2. The molecule has 1 atom stereocenters. The summed E-state index contributed by atoms with van der Waals surface area (Å²) in [6.45, 7) is 6.52. The molecule has 1 aliphatic heterocycles. The lowest BCUT2D eigenvalue weighted by molar-refractivity contribution is -0.665. The lowest BCUT2D eigenvalue weighted by Gasteiger charge is -2.28. The van der Waals surface area contributed by atoms with Gasteiger partial charge in [0.15, 0.2) is 0 Å². The number of hydrogen-bond acceptors (Lipinski definition) is 5. The molecule has 0 radical (unpaired) electrons. The lowest BCUT2D eigenvalue weighted by atomic mass is 9.77. The molecule has 6 heteroatoms. The summed E-state index contributed by atoms with van der Waals surface area (Å²) < 4.78 is 5.25. The van der Waals surface area contributed by atoms with Crippen LogP contribution in [0.25, 0.3) is 32.5 Å². The molecule has 0 fully saturated rings. The fourth-order valence-electron chi connectivity index (χ4n) is 6.51. The molecule has 41 heavy (non-hydrogen) atoms. The number of aryl methyl sites for hydroxylation is 1. The van der Waals surface area contributed by atoms with Crippen LogP contribution in [0.5, 0.6) is 0 Å². The molecule has 0 spiro atoms. The Balaban J connectivity index is 1.21. The quantitative estimate of drug-likeness (QED) is 0.200. The van der Waals surface area contributed by atoms with Gasteiger partial charge in [-0.05, 0) is 122 Å². The molecule has 3 heterocycles. The zero-order chi connectivity index (χ0) is 27.9. The molecule has 0 amide bonds. The minimum absolute atomic E-state index is 0.694. The van der Waals surface area contributed by atoms with Gasteiger partial charge in [0.25, 0.3) is 5.01 Å². The van der Waals surface area contributed by atoms with Crippen molar-refractivity contribution in [2.75, 3.05) is 17.7 Å². The third kappa shape index (κ3) is 5.07. The van der Waals surface area contributed by atoms with Gasteiger partial charge in [0.1, 0.15) is 11.2 Å². The smallest absolute Gasteiger partial charge is 0.263 e. The molecule has 208 valence electrons. The molecular weight excluding hydrogens is 577 g/mol. The molecular formula is C35H35N2S4+. The number of anilines is 1. The second kappa shape index (κ2) is 11.6. The first-order valence-corrected chi connectivity index (χ1v) is 18.4. The Bertz CT molecular complexity index is 1800. The van der Waals surface area contributed by atoms with E-state index in [0.717, 1.165) is 13.1 Å². The summed E-state index contributed by atoms with van der Waals surface area (Å²) >= 11 is 7.45. The third-order valence-corrected chi connectivity index (χ3v) is 12.0. The van der Waals surface area contributed by atoms with E-state index in [0.29, 0.717) is 5.92 Å². The van der Waals surface area contributed by atoms with Gasteiger partial charge in [0, 0.05) is 33.2 Å². The first-order chi connectivity index (χ1) is 20.2. The summed E-state index contributed by atoms with van der Waals surface area (Å²) in [5.74, 6) is 0.694. The molecule has 0 N–H and O–H groups in total. The van der Waals surface area contributed by atoms with E-state index in [1.54, 1.807) is 11.8 Å². The van der Waals surface area contributed by atoms with Crippen molar-refractivity contribution < 1.29 is 4.57 Å². The number of thiazole rings is 1. The normalized spacial score (nSPS) is 20.9. The Morgan fingerprint density at radius 3 is 2.78 bits per heavy atom. The predicted molar refractivity (Wildman–Crippen MR) is 185 cm³/mol. The SMILES string of the molecule is CCN1/C(=C/C2=CC3=C/C(=C/c4sc5cccc(/C=C\SC)c5[n+]4CC)CCC3CC2)Sc2ccc3sccc3c21. The van der Waals surface area contributed by atoms with Crippen molar-refractivity contribution in [3.63, 3.8) is 0 Å². The Kier molecular flexibility index (Phi) is 7.76. The number of fused-ring (bicyclic) bond motifs is 5. The number of allylic oxidation sites excluding steroid dienone is 6. The van der Waals surface area contributed by atoms with Crippen LogP contribution in [-0.2, 0) is 6.54 Å². The highest BCUT2D eigenvalue weighted by molar-refractivity contribution is 8.03. The van der Waals surface area contributed by atoms with E-state index in [1.807, 2.05) is 34.4 Å². The van der Waals surface area contributed by atoms with Gasteiger partial charge in [0.2, 0.25) is 5.52 Å². The fraction of sp³-hybridized carbons (Fsp3) is 0.286. The van der Waals surface area contributed by atoms with Crippen LogP contribution < -0.4 is 9.47 Å². The van der Waals surface area contributed by atoms with E-state index < -0.39 is 0 Å².